The second kappa shape index (κ2) is 6.82. The molecule has 0 saturated carbocycles. The smallest absolute Gasteiger partial charge is 0.335 e. The summed E-state index contributed by atoms with van der Waals surface area (Å²) in [5.41, 5.74) is -0.0917. The molecule has 0 fully saturated rings. The molecule has 1 atom stereocenters. The second-order valence-electron chi connectivity index (χ2n) is 4.99. The summed E-state index contributed by atoms with van der Waals surface area (Å²) in [6, 6.07) is 2.20. The average molecular weight is 310 g/mol. The van der Waals surface area contributed by atoms with Crippen LogP contribution in [0, 0.1) is 0 Å². The normalized spacial score (nSPS) is 21.2. The predicted molar refractivity (Wildman–Crippen MR) is 77.5 cm³/mol. The first-order valence-electron chi connectivity index (χ1n) is 6.86. The highest BCUT2D eigenvalue weighted by atomic mass is 32.2. The van der Waals surface area contributed by atoms with Crippen LogP contribution in [0.3, 0.4) is 0 Å². The standard InChI is InChI=1S/C14H18N2O4S/c17-14(18)11-8-9-15-13(10-11)21(19,20)16-12-6-4-2-1-3-5-7-12/h1-2,8-10,12,16H,3-7H2,(H,17,18)/b2-1-. The lowest BCUT2D eigenvalue weighted by Gasteiger charge is -2.19. The van der Waals surface area contributed by atoms with Crippen LogP contribution < -0.4 is 4.72 Å². The number of nitrogens with zero attached hydrogens (tertiary/aromatic N) is 1. The van der Waals surface area contributed by atoms with Crippen LogP contribution >= 0.6 is 0 Å². The third kappa shape index (κ3) is 4.37. The molecule has 1 aromatic heterocycles. The van der Waals surface area contributed by atoms with E-state index in [1.165, 1.54) is 12.3 Å². The lowest BCUT2D eigenvalue weighted by Crippen LogP contribution is -2.35. The Morgan fingerprint density at radius 2 is 2.05 bits per heavy atom. The summed E-state index contributed by atoms with van der Waals surface area (Å²) in [6.45, 7) is 0. The number of aromatic nitrogens is 1. The molecule has 1 aliphatic carbocycles. The van der Waals surface area contributed by atoms with Gasteiger partial charge in [-0.3, -0.25) is 0 Å². The Hall–Kier alpha value is -1.73. The Morgan fingerprint density at radius 3 is 2.81 bits per heavy atom. The van der Waals surface area contributed by atoms with E-state index in [1.807, 2.05) is 0 Å². The number of allylic oxidation sites excluding steroid dienone is 2. The van der Waals surface area contributed by atoms with Gasteiger partial charge in [0.15, 0.2) is 5.03 Å². The van der Waals surface area contributed by atoms with E-state index < -0.39 is 16.0 Å². The topological polar surface area (TPSA) is 96.4 Å². The number of pyridine rings is 1. The largest absolute Gasteiger partial charge is 0.478 e. The summed E-state index contributed by atoms with van der Waals surface area (Å²) in [6.07, 6.45) is 9.56. The molecule has 0 bridgehead atoms. The van der Waals surface area contributed by atoms with Gasteiger partial charge in [0.25, 0.3) is 10.0 Å². The molecule has 6 nitrogen and oxygen atoms in total. The van der Waals surface area contributed by atoms with Crippen molar-refractivity contribution in [3.63, 3.8) is 0 Å². The first-order chi connectivity index (χ1) is 9.99. The average Bonchev–Trinajstić information content (AvgIpc) is 2.42. The summed E-state index contributed by atoms with van der Waals surface area (Å²) >= 11 is 0. The lowest BCUT2D eigenvalue weighted by atomic mass is 10.0. The molecule has 0 spiro atoms. The maximum absolute atomic E-state index is 12.3. The Morgan fingerprint density at radius 1 is 1.29 bits per heavy atom. The number of hydrogen-bond acceptors (Lipinski definition) is 4. The molecule has 2 rings (SSSR count). The van der Waals surface area contributed by atoms with Gasteiger partial charge >= 0.3 is 5.97 Å². The third-order valence-corrected chi connectivity index (χ3v) is 4.77. The molecule has 1 unspecified atom stereocenters. The molecule has 0 amide bonds. The first kappa shape index (κ1) is 15.7. The molecular weight excluding hydrogens is 292 g/mol. The maximum Gasteiger partial charge on any atom is 0.335 e. The van der Waals surface area contributed by atoms with Crippen molar-refractivity contribution >= 4 is 16.0 Å². The van der Waals surface area contributed by atoms with E-state index in [9.17, 15) is 13.2 Å². The molecule has 21 heavy (non-hydrogen) atoms. The second-order valence-corrected chi connectivity index (χ2v) is 6.65. The van der Waals surface area contributed by atoms with Crippen molar-refractivity contribution in [1.82, 2.24) is 9.71 Å². The molecule has 2 N–H and O–H groups in total. The van der Waals surface area contributed by atoms with Crippen LogP contribution in [0.5, 0.6) is 0 Å². The number of rotatable bonds is 4. The van der Waals surface area contributed by atoms with E-state index in [0.717, 1.165) is 38.2 Å². The van der Waals surface area contributed by atoms with Gasteiger partial charge in [0, 0.05) is 12.2 Å². The molecule has 0 aliphatic heterocycles. The van der Waals surface area contributed by atoms with E-state index in [-0.39, 0.29) is 16.6 Å². The fraction of sp³-hybridized carbons (Fsp3) is 0.429. The fourth-order valence-corrected chi connectivity index (χ4v) is 3.52. The van der Waals surface area contributed by atoms with Gasteiger partial charge in [-0.05, 0) is 44.2 Å². The van der Waals surface area contributed by atoms with Crippen molar-refractivity contribution in [2.45, 2.75) is 43.2 Å². The van der Waals surface area contributed by atoms with Crippen molar-refractivity contribution in [2.24, 2.45) is 0 Å². The number of carboxylic acid groups (broad SMARTS) is 1. The Balaban J connectivity index is 2.15. The molecule has 0 radical (unpaired) electrons. The highest BCUT2D eigenvalue weighted by Crippen LogP contribution is 2.16. The van der Waals surface area contributed by atoms with Gasteiger partial charge in [-0.1, -0.05) is 12.2 Å². The molecule has 7 heteroatoms. The zero-order valence-electron chi connectivity index (χ0n) is 11.5. The van der Waals surface area contributed by atoms with Crippen LogP contribution in [0.15, 0.2) is 35.5 Å². The van der Waals surface area contributed by atoms with Crippen LogP contribution in [-0.2, 0) is 10.0 Å². The lowest BCUT2D eigenvalue weighted by molar-refractivity contribution is 0.0696. The van der Waals surface area contributed by atoms with Gasteiger partial charge in [-0.2, -0.15) is 0 Å². The SMILES string of the molecule is O=C(O)c1ccnc(S(=O)(=O)NC2CC/C=C\CCC2)c1. The van der Waals surface area contributed by atoms with Crippen molar-refractivity contribution in [3.8, 4) is 0 Å². The molecule has 1 aromatic rings. The first-order valence-corrected chi connectivity index (χ1v) is 8.34. The van der Waals surface area contributed by atoms with Crippen molar-refractivity contribution in [3.05, 3.63) is 36.0 Å². The van der Waals surface area contributed by atoms with Crippen molar-refractivity contribution < 1.29 is 18.3 Å². The Bertz CT molecular complexity index is 640. The molecule has 1 heterocycles. The van der Waals surface area contributed by atoms with Crippen LogP contribution in [0.25, 0.3) is 0 Å². The molecule has 0 saturated heterocycles. The summed E-state index contributed by atoms with van der Waals surface area (Å²) in [5, 5.41) is 8.66. The number of carboxylic acids is 1. The number of hydrogen-bond donors (Lipinski definition) is 2. The number of carbonyl (C=O) groups is 1. The predicted octanol–water partition coefficient (Wildman–Crippen LogP) is 1.95. The molecule has 114 valence electrons. The monoisotopic (exact) mass is 310 g/mol. The van der Waals surface area contributed by atoms with Crippen LogP contribution in [0.2, 0.25) is 0 Å². The maximum atomic E-state index is 12.3. The van der Waals surface area contributed by atoms with Gasteiger partial charge in [-0.15, -0.1) is 0 Å². The van der Waals surface area contributed by atoms with E-state index >= 15 is 0 Å². The van der Waals surface area contributed by atoms with Gasteiger partial charge in [0.1, 0.15) is 0 Å². The fourth-order valence-electron chi connectivity index (χ4n) is 2.25. The van der Waals surface area contributed by atoms with Gasteiger partial charge in [0.05, 0.1) is 5.56 Å². The minimum absolute atomic E-state index is 0.0917. The Labute approximate surface area is 124 Å². The molecule has 0 aromatic carbocycles. The summed E-state index contributed by atoms with van der Waals surface area (Å²) in [7, 11) is -3.79. The number of aromatic carboxylic acids is 1. The van der Waals surface area contributed by atoms with Crippen molar-refractivity contribution in [2.75, 3.05) is 0 Å². The van der Waals surface area contributed by atoms with Gasteiger partial charge < -0.3 is 5.11 Å². The van der Waals surface area contributed by atoms with Gasteiger partial charge in [0.2, 0.25) is 0 Å². The van der Waals surface area contributed by atoms with E-state index in [4.69, 9.17) is 5.11 Å². The summed E-state index contributed by atoms with van der Waals surface area (Å²) in [5.74, 6) is -1.18. The van der Waals surface area contributed by atoms with E-state index in [0.29, 0.717) is 0 Å². The highest BCUT2D eigenvalue weighted by molar-refractivity contribution is 7.89. The van der Waals surface area contributed by atoms with E-state index in [1.54, 1.807) is 0 Å². The number of nitrogens with one attached hydrogen (secondary N) is 1. The van der Waals surface area contributed by atoms with Crippen LogP contribution in [0.4, 0.5) is 0 Å². The van der Waals surface area contributed by atoms with Crippen LogP contribution in [-0.4, -0.2) is 30.5 Å². The summed E-state index contributed by atoms with van der Waals surface area (Å²) in [4.78, 5) is 14.7. The van der Waals surface area contributed by atoms with Gasteiger partial charge in [-0.25, -0.2) is 22.9 Å². The van der Waals surface area contributed by atoms with Crippen LogP contribution in [0.1, 0.15) is 42.5 Å². The van der Waals surface area contributed by atoms with Crippen molar-refractivity contribution in [1.29, 1.82) is 0 Å². The molecule has 1 aliphatic rings. The number of sulfonamides is 1. The highest BCUT2D eigenvalue weighted by Gasteiger charge is 2.22. The zero-order valence-corrected chi connectivity index (χ0v) is 12.3. The summed E-state index contributed by atoms with van der Waals surface area (Å²) < 4.78 is 27.2. The Kier molecular flexibility index (Phi) is 5.08. The third-order valence-electron chi connectivity index (χ3n) is 3.35. The zero-order chi connectivity index (χ0) is 15.3. The molecular formula is C14H18N2O4S. The quantitative estimate of drug-likeness (QED) is 0.829. The minimum atomic E-state index is -3.79. The van der Waals surface area contributed by atoms with E-state index in [2.05, 4.69) is 21.9 Å². The minimum Gasteiger partial charge on any atom is -0.478 e.